The molecule has 34 heavy (non-hydrogen) atoms. The van der Waals surface area contributed by atoms with Gasteiger partial charge in [-0.2, -0.15) is 5.10 Å². The third kappa shape index (κ3) is 4.79. The molecule has 4 heterocycles. The second-order valence-electron chi connectivity index (χ2n) is 8.75. The summed E-state index contributed by atoms with van der Waals surface area (Å²) >= 11 is 0. The van der Waals surface area contributed by atoms with Crippen molar-refractivity contribution in [3.63, 3.8) is 0 Å². The highest BCUT2D eigenvalue weighted by atomic mass is 15.3. The van der Waals surface area contributed by atoms with E-state index >= 15 is 0 Å². The SMILES string of the molecule is C=C\C(C)=C/C(=C\C)C(/C)=C/C=c1/[nH]nc(-c2nc3c(N4CCN(C)CC4)cncc3[nH]2)c1=C. The molecule has 1 saturated heterocycles. The van der Waals surface area contributed by atoms with Gasteiger partial charge in [0.15, 0.2) is 5.82 Å². The highest BCUT2D eigenvalue weighted by Gasteiger charge is 2.19. The third-order valence-electron chi connectivity index (χ3n) is 6.31. The molecule has 0 bridgehead atoms. The molecule has 176 valence electrons. The van der Waals surface area contributed by atoms with Crippen molar-refractivity contribution in [2.45, 2.75) is 20.8 Å². The molecule has 1 aliphatic rings. The molecule has 1 fully saturated rings. The van der Waals surface area contributed by atoms with Crippen LogP contribution < -0.4 is 15.5 Å². The average Bonchev–Trinajstić information content (AvgIpc) is 3.44. The number of rotatable bonds is 6. The van der Waals surface area contributed by atoms with Gasteiger partial charge in [-0.1, -0.05) is 43.0 Å². The fourth-order valence-electron chi connectivity index (χ4n) is 4.06. The highest BCUT2D eigenvalue weighted by molar-refractivity contribution is 5.89. The standard InChI is InChI=1S/C27H33N7/c1-7-18(3)15-21(8-2)19(4)9-10-22-20(5)25(32-31-22)27-29-23-16-28-17-24(26(23)30-27)34-13-11-33(6)12-14-34/h7-10,15-17,31H,1,5,11-14H2,2-4,6H3,(H,29,30)/b18-15-,19-9+,21-8+,22-10+. The van der Waals surface area contributed by atoms with E-state index in [2.05, 4.69) is 75.3 Å². The Kier molecular flexibility index (Phi) is 6.93. The summed E-state index contributed by atoms with van der Waals surface area (Å²) in [7, 11) is 2.15. The zero-order valence-corrected chi connectivity index (χ0v) is 20.5. The van der Waals surface area contributed by atoms with E-state index < -0.39 is 0 Å². The Balaban J connectivity index is 1.66. The molecule has 4 rings (SSSR count). The first-order valence-electron chi connectivity index (χ1n) is 11.6. The van der Waals surface area contributed by atoms with Gasteiger partial charge in [-0.05, 0) is 45.0 Å². The summed E-state index contributed by atoms with van der Waals surface area (Å²) in [6.45, 7) is 18.2. The fraction of sp³-hybridized carbons (Fsp3) is 0.296. The third-order valence-corrected chi connectivity index (χ3v) is 6.31. The summed E-state index contributed by atoms with van der Waals surface area (Å²) in [6.07, 6.45) is 13.9. The van der Waals surface area contributed by atoms with Crippen molar-refractivity contribution >= 4 is 29.4 Å². The van der Waals surface area contributed by atoms with Crippen LogP contribution in [0.4, 0.5) is 5.69 Å². The summed E-state index contributed by atoms with van der Waals surface area (Å²) in [4.78, 5) is 17.4. The minimum Gasteiger partial charge on any atom is -0.366 e. The fourth-order valence-corrected chi connectivity index (χ4v) is 4.06. The van der Waals surface area contributed by atoms with Gasteiger partial charge in [0, 0.05) is 31.4 Å². The molecule has 0 radical (unpaired) electrons. The summed E-state index contributed by atoms with van der Waals surface area (Å²) in [5.74, 6) is 0.693. The molecule has 3 aromatic heterocycles. The molecule has 0 amide bonds. The Morgan fingerprint density at radius 1 is 1.15 bits per heavy atom. The number of fused-ring (bicyclic) bond motifs is 1. The lowest BCUT2D eigenvalue weighted by Crippen LogP contribution is -2.44. The summed E-state index contributed by atoms with van der Waals surface area (Å²) in [5.41, 5.74) is 7.01. The Hall–Kier alpha value is -3.71. The second kappa shape index (κ2) is 10.1. The van der Waals surface area contributed by atoms with Gasteiger partial charge in [-0.3, -0.25) is 10.1 Å². The van der Waals surface area contributed by atoms with Crippen LogP contribution in [0.15, 0.2) is 60.0 Å². The average molecular weight is 456 g/mol. The molecule has 3 aromatic rings. The van der Waals surface area contributed by atoms with Crippen LogP contribution in [-0.2, 0) is 0 Å². The molecule has 7 nitrogen and oxygen atoms in total. The van der Waals surface area contributed by atoms with Crippen molar-refractivity contribution in [2.24, 2.45) is 0 Å². The van der Waals surface area contributed by atoms with Crippen molar-refractivity contribution in [2.75, 3.05) is 38.1 Å². The van der Waals surface area contributed by atoms with Crippen molar-refractivity contribution in [1.29, 1.82) is 0 Å². The number of aromatic amines is 2. The number of nitrogens with zero attached hydrogens (tertiary/aromatic N) is 5. The van der Waals surface area contributed by atoms with Gasteiger partial charge < -0.3 is 14.8 Å². The summed E-state index contributed by atoms with van der Waals surface area (Å²) in [5, 5.41) is 9.28. The van der Waals surface area contributed by atoms with Crippen LogP contribution in [0.25, 0.3) is 35.2 Å². The van der Waals surface area contributed by atoms with Gasteiger partial charge in [0.2, 0.25) is 0 Å². The predicted molar refractivity (Wildman–Crippen MR) is 142 cm³/mol. The Labute approximate surface area is 200 Å². The lowest BCUT2D eigenvalue weighted by atomic mass is 10.0. The van der Waals surface area contributed by atoms with Crippen molar-refractivity contribution in [3.8, 4) is 11.5 Å². The molecule has 1 aliphatic heterocycles. The highest BCUT2D eigenvalue weighted by Crippen LogP contribution is 2.26. The normalized spacial score (nSPS) is 17.1. The maximum Gasteiger partial charge on any atom is 0.159 e. The number of allylic oxidation sites excluding steroid dienone is 7. The van der Waals surface area contributed by atoms with E-state index in [0.29, 0.717) is 11.5 Å². The summed E-state index contributed by atoms with van der Waals surface area (Å²) in [6, 6.07) is 0. The number of hydrogen-bond donors (Lipinski definition) is 2. The van der Waals surface area contributed by atoms with E-state index in [0.717, 1.165) is 70.2 Å². The van der Waals surface area contributed by atoms with E-state index in [9.17, 15) is 0 Å². The Bertz CT molecular complexity index is 1390. The number of imidazole rings is 1. The zero-order chi connectivity index (χ0) is 24.2. The topological polar surface area (TPSA) is 76.7 Å². The molecule has 0 aromatic carbocycles. The minimum absolute atomic E-state index is 0.693. The molecule has 0 unspecified atom stereocenters. The van der Waals surface area contributed by atoms with Crippen molar-refractivity contribution in [3.05, 3.63) is 70.6 Å². The van der Waals surface area contributed by atoms with E-state index in [1.807, 2.05) is 38.4 Å². The number of likely N-dealkylation sites (N-methyl/N-ethyl adjacent to an activating group) is 1. The van der Waals surface area contributed by atoms with Crippen LogP contribution in [-0.4, -0.2) is 63.3 Å². The van der Waals surface area contributed by atoms with Crippen molar-refractivity contribution in [1.82, 2.24) is 30.0 Å². The molecule has 7 heteroatoms. The number of pyridine rings is 1. The maximum atomic E-state index is 4.90. The minimum atomic E-state index is 0.693. The lowest BCUT2D eigenvalue weighted by molar-refractivity contribution is 0.313. The van der Waals surface area contributed by atoms with Crippen LogP contribution in [0.2, 0.25) is 0 Å². The summed E-state index contributed by atoms with van der Waals surface area (Å²) < 4.78 is 0. The molecular formula is C27H33N7. The number of piperazine rings is 1. The monoisotopic (exact) mass is 455 g/mol. The largest absolute Gasteiger partial charge is 0.366 e. The number of hydrogen-bond acceptors (Lipinski definition) is 5. The van der Waals surface area contributed by atoms with Gasteiger partial charge in [0.25, 0.3) is 0 Å². The predicted octanol–water partition coefficient (Wildman–Crippen LogP) is 3.32. The van der Waals surface area contributed by atoms with Crippen LogP contribution >= 0.6 is 0 Å². The quantitative estimate of drug-likeness (QED) is 0.558. The van der Waals surface area contributed by atoms with E-state index in [1.54, 1.807) is 0 Å². The number of anilines is 1. The lowest BCUT2D eigenvalue weighted by Gasteiger charge is -2.33. The van der Waals surface area contributed by atoms with Crippen LogP contribution in [0, 0.1) is 0 Å². The first-order valence-corrected chi connectivity index (χ1v) is 11.6. The number of aromatic nitrogens is 5. The van der Waals surface area contributed by atoms with Gasteiger partial charge in [-0.15, -0.1) is 0 Å². The van der Waals surface area contributed by atoms with Gasteiger partial charge in [0.05, 0.1) is 28.9 Å². The van der Waals surface area contributed by atoms with Crippen LogP contribution in [0.3, 0.4) is 0 Å². The van der Waals surface area contributed by atoms with Gasteiger partial charge in [0.1, 0.15) is 11.2 Å². The molecule has 0 spiro atoms. The van der Waals surface area contributed by atoms with Gasteiger partial charge in [-0.25, -0.2) is 4.98 Å². The molecule has 0 saturated carbocycles. The first kappa shape index (κ1) is 23.4. The van der Waals surface area contributed by atoms with Crippen LogP contribution in [0.1, 0.15) is 20.8 Å². The van der Waals surface area contributed by atoms with E-state index in [4.69, 9.17) is 4.98 Å². The number of nitrogens with one attached hydrogen (secondary N) is 2. The molecule has 0 aliphatic carbocycles. The molecular weight excluding hydrogens is 422 g/mol. The van der Waals surface area contributed by atoms with Gasteiger partial charge >= 0.3 is 0 Å². The molecule has 0 atom stereocenters. The van der Waals surface area contributed by atoms with E-state index in [1.165, 1.54) is 0 Å². The van der Waals surface area contributed by atoms with Crippen molar-refractivity contribution < 1.29 is 0 Å². The Morgan fingerprint density at radius 2 is 1.91 bits per heavy atom. The molecule has 2 N–H and O–H groups in total. The maximum absolute atomic E-state index is 4.90. The van der Waals surface area contributed by atoms with Crippen LogP contribution in [0.5, 0.6) is 0 Å². The Morgan fingerprint density at radius 3 is 2.62 bits per heavy atom. The smallest absolute Gasteiger partial charge is 0.159 e. The first-order chi connectivity index (χ1) is 16.4. The van der Waals surface area contributed by atoms with E-state index in [-0.39, 0.29) is 0 Å². The second-order valence-corrected chi connectivity index (χ2v) is 8.75. The number of H-pyrrole nitrogens is 2. The zero-order valence-electron chi connectivity index (χ0n) is 20.5.